The van der Waals surface area contributed by atoms with E-state index in [1.54, 1.807) is 77.8 Å². The molecule has 25 nitrogen and oxygen atoms in total. The molecule has 25 heteroatoms. The molecule has 20 aromatic rings. The summed E-state index contributed by atoms with van der Waals surface area (Å²) in [6.45, 7) is 23.1. The first-order chi connectivity index (χ1) is 69.4. The van der Waals surface area contributed by atoms with Gasteiger partial charge in [0.2, 0.25) is 28.6 Å². The molecule has 5 aromatic carbocycles. The van der Waals surface area contributed by atoms with Crippen molar-refractivity contribution in [2.24, 2.45) is 0 Å². The smallest absolute Gasteiger partial charge is 0.227 e. The number of hydrogen-bond acceptors (Lipinski definition) is 25. The molecule has 0 N–H and O–H groups in total. The highest BCUT2D eigenvalue weighted by Gasteiger charge is 2.44. The Hall–Kier alpha value is -15.4. The number of hydrogen-bond donors (Lipinski definition) is 0. The van der Waals surface area contributed by atoms with Crippen molar-refractivity contribution in [1.82, 2.24) is 49.8 Å². The lowest BCUT2D eigenvalue weighted by molar-refractivity contribution is 0.597. The van der Waals surface area contributed by atoms with E-state index in [4.69, 9.17) is 39.9 Å². The number of fused-ring (bicyclic) bond motifs is 20. The van der Waals surface area contributed by atoms with Crippen molar-refractivity contribution in [1.29, 1.82) is 0 Å². The lowest BCUT2D eigenvalue weighted by atomic mass is 10.1. The van der Waals surface area contributed by atoms with Crippen molar-refractivity contribution in [2.75, 3.05) is 56.0 Å². The Labute approximate surface area is 789 Å². The maximum absolute atomic E-state index is 8.77. The largest absolute Gasteiger partial charge is 0.435 e. The van der Waals surface area contributed by atoms with E-state index in [1.807, 2.05) is 234 Å². The molecule has 0 bridgehead atoms. The van der Waals surface area contributed by atoms with Crippen LogP contribution in [0.1, 0.15) is 136 Å². The van der Waals surface area contributed by atoms with Crippen molar-refractivity contribution in [3.63, 3.8) is 0 Å². The highest BCUT2D eigenvalue weighted by atomic mass is 16.4. The summed E-state index contributed by atoms with van der Waals surface area (Å²) >= 11 is 0. The van der Waals surface area contributed by atoms with Crippen molar-refractivity contribution in [3.05, 3.63) is 272 Å². The van der Waals surface area contributed by atoms with Crippen LogP contribution in [0.3, 0.4) is 0 Å². The number of anilines is 15. The molecule has 0 radical (unpaired) electrons. The molecule has 0 spiro atoms. The molecule has 668 valence electrons. The minimum atomic E-state index is -2.53. The predicted molar refractivity (Wildman–Crippen MR) is 539 cm³/mol. The molecule has 0 saturated carbocycles. The second-order valence-corrected chi connectivity index (χ2v) is 34.5. The Morgan fingerprint density at radius 1 is 0.248 bits per heavy atom. The molecule has 0 aliphatic carbocycles. The van der Waals surface area contributed by atoms with Gasteiger partial charge in [-0.05, 0) is 274 Å². The van der Waals surface area contributed by atoms with Crippen LogP contribution in [0.2, 0.25) is 0 Å². The first-order valence-electron chi connectivity index (χ1n) is 50.9. The summed E-state index contributed by atoms with van der Waals surface area (Å²) in [7, 11) is 0. The van der Waals surface area contributed by atoms with Gasteiger partial charge in [-0.3, -0.25) is 0 Å². The zero-order valence-corrected chi connectivity index (χ0v) is 76.5. The third-order valence-electron chi connectivity index (χ3n) is 25.9. The third-order valence-corrected chi connectivity index (χ3v) is 25.9. The van der Waals surface area contributed by atoms with Gasteiger partial charge >= 0.3 is 0 Å². The number of aryl methyl sites for hydroxylation is 5. The van der Waals surface area contributed by atoms with Crippen LogP contribution in [0, 0.1) is 34.6 Å². The van der Waals surface area contributed by atoms with Gasteiger partial charge in [-0.25, -0.2) is 49.8 Å². The molecule has 0 fully saturated rings. The molecule has 15 aromatic heterocycles. The van der Waals surface area contributed by atoms with Crippen LogP contribution < -0.4 is 49.0 Å². The number of pyridine rings is 10. The summed E-state index contributed by atoms with van der Waals surface area (Å²) in [5.74, 6) is 3.18. The van der Waals surface area contributed by atoms with E-state index in [-0.39, 0.29) is 12.3 Å². The Kier molecular flexibility index (Phi) is 17.6. The standard InChI is InChI=1S/4C22H22N4O.C20H18N4O/c2*1-13(2)25-15(4)26(18-8-6-11-23-21(18)25)19-14(3)9-10-16-17-7-5-12-24-22(17)27-20(16)19;2*1-13(2)25-15(4)26(21-18(25)8-6-11-23-21)19-14(3)9-10-16-17-7-5-12-24-22(17)27-20(16)19;1-12-8-9-14-15-6-4-11-22-20(15)25-18(14)17(12)24-13(2)23(3)19-16(24)7-5-10-21-19/h4*5-13,15H,1-4H3;4-11,13H,1-3H3/t;;15-;;/m..0../s1/i1D3,13D;13D;1D3,13D;13D;3D3/t;;13?,15-;;. The number of nitrogens with zero attached hydrogens (tertiary/aromatic N) is 20. The number of aromatic nitrogens is 10. The van der Waals surface area contributed by atoms with Crippen molar-refractivity contribution < 1.29 is 39.9 Å². The average Bonchev–Trinajstić information content (AvgIpc) is 1.59. The van der Waals surface area contributed by atoms with E-state index in [0.29, 0.717) is 68.5 Å². The van der Waals surface area contributed by atoms with E-state index in [1.165, 1.54) is 18.7 Å². The molecule has 0 saturated heterocycles. The summed E-state index contributed by atoms with van der Waals surface area (Å²) < 4.78 is 138. The SMILES string of the molecule is [2H]C(C)(C)N1c2cccnc2N(c2c(C)ccc3c2oc2ncccc23)C1C.[2H]C(C)(C)N1c2ncccc2N(c2c(C)ccc3c2oc2ncccc23)C1C.[2H]C([2H])([2H])C([2H])(C)N1c2cccnc2N(c2c(C)ccc3c2oc2ncccc23)[C@H]1C.[2H]C([2H])([2H])C([2H])(C)N1c2ncccc2N(c2c(C)ccc3c2oc2ncccc23)C1C.[2H]C([2H])([2H])N1c2ncccc2N(c2c(C)ccc3c2oc2ncccc23)C1C. The van der Waals surface area contributed by atoms with Gasteiger partial charge in [-0.15, -0.1) is 0 Å². The highest BCUT2D eigenvalue weighted by Crippen LogP contribution is 2.55. The first-order valence-corrected chi connectivity index (χ1v) is 44.4. The molecule has 133 heavy (non-hydrogen) atoms. The van der Waals surface area contributed by atoms with Crippen LogP contribution in [-0.2, 0) is 0 Å². The maximum Gasteiger partial charge on any atom is 0.227 e. The van der Waals surface area contributed by atoms with Gasteiger partial charge in [0.1, 0.15) is 30.8 Å². The second-order valence-electron chi connectivity index (χ2n) is 34.5. The normalized spacial score (nSPS) is 19.5. The molecule has 6 unspecified atom stereocenters. The van der Waals surface area contributed by atoms with Crippen molar-refractivity contribution in [3.8, 4) is 0 Å². The van der Waals surface area contributed by atoms with Crippen LogP contribution >= 0.6 is 0 Å². The fourth-order valence-corrected chi connectivity index (χ4v) is 20.2. The Morgan fingerprint density at radius 2 is 0.481 bits per heavy atom. The van der Waals surface area contributed by atoms with E-state index in [9.17, 15) is 0 Å². The molecule has 5 aliphatic rings. The summed E-state index contributed by atoms with van der Waals surface area (Å²) in [5.41, 5.74) is 20.2. The quantitative estimate of drug-likeness (QED) is 0.131. The van der Waals surface area contributed by atoms with Crippen molar-refractivity contribution >= 4 is 196 Å². The molecule has 7 atom stereocenters. The Bertz CT molecular complexity index is 7890. The highest BCUT2D eigenvalue weighted by molar-refractivity contribution is 6.15. The molecular formula is C108H106N20O5. The summed E-state index contributed by atoms with van der Waals surface area (Å²) in [5, 5.41) is 9.68. The van der Waals surface area contributed by atoms with Gasteiger partial charge < -0.3 is 71.1 Å². The Morgan fingerprint density at radius 3 is 0.782 bits per heavy atom. The zero-order valence-electron chi connectivity index (χ0n) is 89.5. The zero-order chi connectivity index (χ0) is 103. The Balaban J connectivity index is 0.000000107. The molecule has 20 heterocycles. The third kappa shape index (κ3) is 13.6. The van der Waals surface area contributed by atoms with Crippen LogP contribution in [0.15, 0.2) is 266 Å². The predicted octanol–water partition coefficient (Wildman–Crippen LogP) is 26.2. The topological polar surface area (TPSA) is 227 Å². The lowest BCUT2D eigenvalue weighted by Gasteiger charge is -2.33. The van der Waals surface area contributed by atoms with E-state index in [0.717, 1.165) is 156 Å². The van der Waals surface area contributed by atoms with Crippen molar-refractivity contribution in [2.45, 2.75) is 179 Å². The van der Waals surface area contributed by atoms with E-state index in [2.05, 4.69) is 123 Å². The van der Waals surface area contributed by atoms with E-state index < -0.39 is 63.2 Å². The summed E-state index contributed by atoms with van der Waals surface area (Å²) in [6, 6.07) is 53.6. The van der Waals surface area contributed by atoms with Crippen LogP contribution in [-0.4, -0.2) is 112 Å². The number of rotatable bonds is 9. The average molecular weight is 1780 g/mol. The van der Waals surface area contributed by atoms with Crippen LogP contribution in [0.25, 0.3) is 110 Å². The van der Waals surface area contributed by atoms with Crippen LogP contribution in [0.5, 0.6) is 0 Å². The molecular weight excluding hydrogens is 1660 g/mol. The van der Waals surface area contributed by atoms with Crippen LogP contribution in [0.4, 0.5) is 86.0 Å². The van der Waals surface area contributed by atoms with Gasteiger partial charge in [-0.2, -0.15) is 0 Å². The van der Waals surface area contributed by atoms with Gasteiger partial charge in [0.05, 0.1) is 62.4 Å². The monoisotopic (exact) mass is 1780 g/mol. The summed E-state index contributed by atoms with van der Waals surface area (Å²) in [4.78, 5) is 63.6. The molecule has 25 rings (SSSR count). The van der Waals surface area contributed by atoms with Gasteiger partial charge in [-0.1, -0.05) is 60.7 Å². The lowest BCUT2D eigenvalue weighted by Crippen LogP contribution is -2.42. The summed E-state index contributed by atoms with van der Waals surface area (Å²) in [6.07, 6.45) is 15.5. The molecule has 0 amide bonds. The second kappa shape index (κ2) is 33.2. The van der Waals surface area contributed by atoms with Gasteiger partial charge in [0.15, 0.2) is 57.0 Å². The fraction of sp³-hybridized carbons (Fsp3) is 0.259. The number of benzene rings is 5. The minimum Gasteiger partial charge on any atom is -0.435 e. The van der Waals surface area contributed by atoms with Gasteiger partial charge in [0, 0.05) is 159 Å². The van der Waals surface area contributed by atoms with E-state index >= 15 is 0 Å². The first kappa shape index (κ1) is 70.5. The maximum atomic E-state index is 8.77. The number of furan rings is 5. The molecule has 5 aliphatic heterocycles. The fourth-order valence-electron chi connectivity index (χ4n) is 20.2. The minimum absolute atomic E-state index is 0.0807. The van der Waals surface area contributed by atoms with Gasteiger partial charge in [0.25, 0.3) is 0 Å².